The van der Waals surface area contributed by atoms with Crippen molar-refractivity contribution in [2.45, 2.75) is 52.2 Å². The Hall–Kier alpha value is -2.22. The van der Waals surface area contributed by atoms with Gasteiger partial charge in [-0.25, -0.2) is 4.79 Å². The average Bonchev–Trinajstić information content (AvgIpc) is 2.88. The Bertz CT molecular complexity index is 685. The number of hydrogen-bond acceptors (Lipinski definition) is 5. The van der Waals surface area contributed by atoms with Gasteiger partial charge in [0, 0.05) is 43.5 Å². The highest BCUT2D eigenvalue weighted by molar-refractivity contribution is 5.88. The minimum atomic E-state index is -0.526. The zero-order chi connectivity index (χ0) is 17.9. The van der Waals surface area contributed by atoms with Gasteiger partial charge in [0.2, 0.25) is 11.8 Å². The standard InChI is InChI=1S/C16H25N5O3/c1-4-18-15(23)13-8-12(17)9-21(13)14(22)5-6-20-11(3)7-10(2)19-16(20)24/h7,12-13H,4-6,8-9,17H2,1-3H3,(H,18,23)/t12-,13+/m1/s1. The lowest BCUT2D eigenvalue weighted by Gasteiger charge is -2.24. The van der Waals surface area contributed by atoms with E-state index in [1.54, 1.807) is 13.0 Å². The molecule has 132 valence electrons. The van der Waals surface area contributed by atoms with Crippen LogP contribution in [0.1, 0.15) is 31.2 Å². The lowest BCUT2D eigenvalue weighted by Crippen LogP contribution is -2.46. The normalized spacial score (nSPS) is 20.2. The Morgan fingerprint density at radius 1 is 1.42 bits per heavy atom. The van der Waals surface area contributed by atoms with Crippen LogP contribution in [0.4, 0.5) is 0 Å². The highest BCUT2D eigenvalue weighted by Gasteiger charge is 2.37. The molecule has 1 aromatic heterocycles. The van der Waals surface area contributed by atoms with Crippen LogP contribution in [0.25, 0.3) is 0 Å². The summed E-state index contributed by atoms with van der Waals surface area (Å²) in [5, 5.41) is 2.74. The number of rotatable bonds is 5. The third kappa shape index (κ3) is 4.00. The second-order valence-electron chi connectivity index (χ2n) is 6.18. The van der Waals surface area contributed by atoms with Crippen LogP contribution in [0.5, 0.6) is 0 Å². The van der Waals surface area contributed by atoms with Crippen LogP contribution < -0.4 is 16.7 Å². The first-order chi connectivity index (χ1) is 11.3. The Balaban J connectivity index is 2.06. The van der Waals surface area contributed by atoms with Crippen LogP contribution in [-0.4, -0.2) is 51.4 Å². The molecule has 3 N–H and O–H groups in total. The van der Waals surface area contributed by atoms with Crippen molar-refractivity contribution in [3.63, 3.8) is 0 Å². The van der Waals surface area contributed by atoms with Crippen molar-refractivity contribution in [3.05, 3.63) is 27.9 Å². The molecule has 1 saturated heterocycles. The number of likely N-dealkylation sites (N-methyl/N-ethyl adjacent to an activating group) is 1. The van der Waals surface area contributed by atoms with Crippen molar-refractivity contribution in [1.82, 2.24) is 19.8 Å². The van der Waals surface area contributed by atoms with E-state index in [4.69, 9.17) is 5.73 Å². The number of carbonyl (C=O) groups excluding carboxylic acids is 2. The molecule has 1 fully saturated rings. The van der Waals surface area contributed by atoms with Crippen molar-refractivity contribution in [3.8, 4) is 0 Å². The maximum Gasteiger partial charge on any atom is 0.347 e. The SMILES string of the molecule is CCNC(=O)[C@@H]1C[C@@H](N)CN1C(=O)CCn1c(C)cc(C)nc1=O. The summed E-state index contributed by atoms with van der Waals surface area (Å²) in [6, 6.07) is 1.07. The fourth-order valence-corrected chi connectivity index (χ4v) is 3.08. The van der Waals surface area contributed by atoms with E-state index in [0.29, 0.717) is 25.2 Å². The lowest BCUT2D eigenvalue weighted by atomic mass is 10.1. The zero-order valence-electron chi connectivity index (χ0n) is 14.4. The summed E-state index contributed by atoms with van der Waals surface area (Å²) in [5.74, 6) is -0.352. The molecule has 0 spiro atoms. The van der Waals surface area contributed by atoms with E-state index in [1.807, 2.05) is 13.8 Å². The van der Waals surface area contributed by atoms with Crippen LogP contribution in [-0.2, 0) is 16.1 Å². The van der Waals surface area contributed by atoms with Gasteiger partial charge in [-0.15, -0.1) is 0 Å². The highest BCUT2D eigenvalue weighted by atomic mass is 16.2. The molecule has 2 heterocycles. The number of hydrogen-bond donors (Lipinski definition) is 2. The number of nitrogens with zero attached hydrogens (tertiary/aromatic N) is 3. The van der Waals surface area contributed by atoms with Gasteiger partial charge in [0.05, 0.1) is 0 Å². The number of carbonyl (C=O) groups is 2. The third-order valence-electron chi connectivity index (χ3n) is 4.20. The summed E-state index contributed by atoms with van der Waals surface area (Å²) in [7, 11) is 0. The predicted molar refractivity (Wildman–Crippen MR) is 89.4 cm³/mol. The molecule has 0 saturated carbocycles. The first-order valence-electron chi connectivity index (χ1n) is 8.21. The lowest BCUT2D eigenvalue weighted by molar-refractivity contribution is -0.138. The second-order valence-corrected chi connectivity index (χ2v) is 6.18. The third-order valence-corrected chi connectivity index (χ3v) is 4.20. The van der Waals surface area contributed by atoms with E-state index in [-0.39, 0.29) is 36.5 Å². The van der Waals surface area contributed by atoms with Gasteiger partial charge in [0.25, 0.3) is 0 Å². The molecule has 8 heteroatoms. The fourth-order valence-electron chi connectivity index (χ4n) is 3.08. The van der Waals surface area contributed by atoms with Crippen LogP contribution >= 0.6 is 0 Å². The average molecular weight is 335 g/mol. The van der Waals surface area contributed by atoms with Gasteiger partial charge < -0.3 is 16.0 Å². The highest BCUT2D eigenvalue weighted by Crippen LogP contribution is 2.18. The predicted octanol–water partition coefficient (Wildman–Crippen LogP) is -0.685. The van der Waals surface area contributed by atoms with Gasteiger partial charge in [-0.05, 0) is 33.3 Å². The maximum absolute atomic E-state index is 12.5. The maximum atomic E-state index is 12.5. The molecule has 0 unspecified atom stereocenters. The second kappa shape index (κ2) is 7.57. The summed E-state index contributed by atoms with van der Waals surface area (Å²) in [6.45, 7) is 6.51. The number of aryl methyl sites for hydroxylation is 2. The van der Waals surface area contributed by atoms with Crippen molar-refractivity contribution in [2.75, 3.05) is 13.1 Å². The largest absolute Gasteiger partial charge is 0.355 e. The Morgan fingerprint density at radius 3 is 2.75 bits per heavy atom. The molecule has 0 aromatic carbocycles. The van der Waals surface area contributed by atoms with E-state index < -0.39 is 6.04 Å². The topological polar surface area (TPSA) is 110 Å². The Kier molecular flexibility index (Phi) is 5.71. The molecule has 2 amide bonds. The van der Waals surface area contributed by atoms with E-state index in [2.05, 4.69) is 10.3 Å². The van der Waals surface area contributed by atoms with E-state index >= 15 is 0 Å². The summed E-state index contributed by atoms with van der Waals surface area (Å²) in [5.41, 5.74) is 6.98. The quantitative estimate of drug-likeness (QED) is 0.740. The van der Waals surface area contributed by atoms with Crippen molar-refractivity contribution < 1.29 is 9.59 Å². The van der Waals surface area contributed by atoms with Gasteiger partial charge in [-0.1, -0.05) is 0 Å². The molecule has 1 aromatic rings. The molecule has 24 heavy (non-hydrogen) atoms. The number of aromatic nitrogens is 2. The minimum absolute atomic E-state index is 0.133. The first kappa shape index (κ1) is 18.1. The molecule has 0 aliphatic carbocycles. The summed E-state index contributed by atoms with van der Waals surface area (Å²) in [6.07, 6.45) is 0.594. The molecule has 2 rings (SSSR count). The summed E-state index contributed by atoms with van der Waals surface area (Å²) < 4.78 is 1.47. The van der Waals surface area contributed by atoms with E-state index in [0.717, 1.165) is 5.69 Å². The Morgan fingerprint density at radius 2 is 2.12 bits per heavy atom. The van der Waals surface area contributed by atoms with Crippen molar-refractivity contribution in [2.24, 2.45) is 5.73 Å². The van der Waals surface area contributed by atoms with Gasteiger partial charge in [0.15, 0.2) is 0 Å². The van der Waals surface area contributed by atoms with E-state index in [1.165, 1.54) is 9.47 Å². The molecule has 0 bridgehead atoms. The first-order valence-corrected chi connectivity index (χ1v) is 8.21. The van der Waals surface area contributed by atoms with Crippen molar-refractivity contribution >= 4 is 11.8 Å². The minimum Gasteiger partial charge on any atom is -0.355 e. The molecule has 1 aliphatic heterocycles. The van der Waals surface area contributed by atoms with Gasteiger partial charge >= 0.3 is 5.69 Å². The molecule has 2 atom stereocenters. The molecule has 1 aliphatic rings. The van der Waals surface area contributed by atoms with Crippen LogP contribution in [0.3, 0.4) is 0 Å². The number of likely N-dealkylation sites (tertiary alicyclic amines) is 1. The van der Waals surface area contributed by atoms with Gasteiger partial charge in [-0.2, -0.15) is 4.98 Å². The van der Waals surface area contributed by atoms with Crippen LogP contribution in [0, 0.1) is 13.8 Å². The van der Waals surface area contributed by atoms with Gasteiger partial charge in [-0.3, -0.25) is 14.2 Å². The fraction of sp³-hybridized carbons (Fsp3) is 0.625. The number of amides is 2. The van der Waals surface area contributed by atoms with E-state index in [9.17, 15) is 14.4 Å². The van der Waals surface area contributed by atoms with Crippen molar-refractivity contribution in [1.29, 1.82) is 0 Å². The summed E-state index contributed by atoms with van der Waals surface area (Å²) >= 11 is 0. The van der Waals surface area contributed by atoms with Gasteiger partial charge in [0.1, 0.15) is 6.04 Å². The number of nitrogens with one attached hydrogen (secondary N) is 1. The Labute approximate surface area is 141 Å². The molecule has 8 nitrogen and oxygen atoms in total. The van der Waals surface area contributed by atoms with Crippen LogP contribution in [0.15, 0.2) is 10.9 Å². The molecular formula is C16H25N5O3. The summed E-state index contributed by atoms with van der Waals surface area (Å²) in [4.78, 5) is 42.0. The monoisotopic (exact) mass is 335 g/mol. The van der Waals surface area contributed by atoms with Crippen LogP contribution in [0.2, 0.25) is 0 Å². The molecular weight excluding hydrogens is 310 g/mol. The smallest absolute Gasteiger partial charge is 0.347 e. The molecule has 0 radical (unpaired) electrons. The number of nitrogens with two attached hydrogens (primary N) is 1. The zero-order valence-corrected chi connectivity index (χ0v) is 14.4.